The zero-order valence-electron chi connectivity index (χ0n) is 16.8. The lowest BCUT2D eigenvalue weighted by Crippen LogP contribution is -2.47. The van der Waals surface area contributed by atoms with Crippen LogP contribution < -0.4 is 5.32 Å². The minimum absolute atomic E-state index is 0.260. The van der Waals surface area contributed by atoms with E-state index in [1.54, 1.807) is 57.2 Å². The fourth-order valence-corrected chi connectivity index (χ4v) is 3.22. The highest BCUT2D eigenvalue weighted by atomic mass is 16.7. The lowest BCUT2D eigenvalue weighted by Gasteiger charge is -2.29. The van der Waals surface area contributed by atoms with Gasteiger partial charge in [-0.15, -0.1) is 0 Å². The van der Waals surface area contributed by atoms with Crippen molar-refractivity contribution in [2.45, 2.75) is 45.1 Å². The second-order valence-electron chi connectivity index (χ2n) is 7.79. The predicted molar refractivity (Wildman–Crippen MR) is 104 cm³/mol. The summed E-state index contributed by atoms with van der Waals surface area (Å²) in [7, 11) is 0. The van der Waals surface area contributed by atoms with Crippen LogP contribution in [0.4, 0.5) is 4.79 Å². The molecule has 0 bridgehead atoms. The molecule has 0 aliphatic carbocycles. The van der Waals surface area contributed by atoms with Crippen LogP contribution in [0.15, 0.2) is 36.4 Å². The molecule has 1 saturated heterocycles. The molecule has 1 atom stereocenters. The first-order chi connectivity index (χ1) is 13.8. The van der Waals surface area contributed by atoms with Gasteiger partial charge in [-0.3, -0.25) is 14.5 Å². The third-order valence-electron chi connectivity index (χ3n) is 4.43. The second-order valence-corrected chi connectivity index (χ2v) is 7.79. The van der Waals surface area contributed by atoms with Crippen LogP contribution in [-0.4, -0.2) is 60.5 Å². The molecule has 0 spiro atoms. The normalized spacial score (nSPS) is 18.4. The van der Waals surface area contributed by atoms with Crippen LogP contribution >= 0.6 is 0 Å². The lowest BCUT2D eigenvalue weighted by atomic mass is 10.1. The summed E-state index contributed by atoms with van der Waals surface area (Å²) >= 11 is 0. The highest BCUT2D eigenvalue weighted by molar-refractivity contribution is 6.21. The van der Waals surface area contributed by atoms with Crippen LogP contribution in [0.2, 0.25) is 0 Å². The molecule has 1 unspecified atom stereocenters. The minimum Gasteiger partial charge on any atom is -0.444 e. The van der Waals surface area contributed by atoms with E-state index in [1.807, 2.05) is 0 Å². The topological polar surface area (TPSA) is 94.2 Å². The van der Waals surface area contributed by atoms with Gasteiger partial charge in [0.1, 0.15) is 5.60 Å². The summed E-state index contributed by atoms with van der Waals surface area (Å²) in [6.45, 7) is 6.45. The largest absolute Gasteiger partial charge is 0.444 e. The Hall–Kier alpha value is -2.71. The second kappa shape index (κ2) is 8.75. The quantitative estimate of drug-likeness (QED) is 0.580. The number of carbonyl (C=O) groups is 3. The van der Waals surface area contributed by atoms with E-state index in [4.69, 9.17) is 14.2 Å². The van der Waals surface area contributed by atoms with Crippen LogP contribution in [0, 0.1) is 0 Å². The van der Waals surface area contributed by atoms with Crippen molar-refractivity contribution >= 4 is 17.9 Å². The van der Waals surface area contributed by atoms with E-state index < -0.39 is 24.0 Å². The standard InChI is InChI=1S/C21H26N2O6/c1-21(2,3)29-20(26)22-11-7-6-10-16(19-27-12-13-28-19)23-17(24)14-8-4-5-9-15(14)18(23)25/h4-9,16,19H,10-13H2,1-3H3,(H,22,26). The van der Waals surface area contributed by atoms with Gasteiger partial charge in [0.2, 0.25) is 0 Å². The van der Waals surface area contributed by atoms with Crippen LogP contribution in [0.1, 0.15) is 47.9 Å². The van der Waals surface area contributed by atoms with Crippen molar-refractivity contribution in [3.63, 3.8) is 0 Å². The molecule has 3 amide bonds. The smallest absolute Gasteiger partial charge is 0.407 e. The molecule has 2 aliphatic rings. The Labute approximate surface area is 169 Å². The summed E-state index contributed by atoms with van der Waals surface area (Å²) in [6, 6.07) is 6.15. The number of hydrogen-bond donors (Lipinski definition) is 1. The molecule has 8 heteroatoms. The third kappa shape index (κ3) is 5.02. The molecule has 29 heavy (non-hydrogen) atoms. The number of imide groups is 1. The summed E-state index contributed by atoms with van der Waals surface area (Å²) in [5.74, 6) is -0.704. The van der Waals surface area contributed by atoms with E-state index in [0.717, 1.165) is 0 Å². The Morgan fingerprint density at radius 3 is 2.31 bits per heavy atom. The van der Waals surface area contributed by atoms with Crippen molar-refractivity contribution in [3.05, 3.63) is 47.5 Å². The van der Waals surface area contributed by atoms with E-state index in [2.05, 4.69) is 5.32 Å². The number of carbonyl (C=O) groups excluding carboxylic acids is 3. The first-order valence-electron chi connectivity index (χ1n) is 9.60. The summed E-state index contributed by atoms with van der Waals surface area (Å²) in [5.41, 5.74) is 0.203. The molecule has 2 aliphatic heterocycles. The van der Waals surface area contributed by atoms with E-state index in [0.29, 0.717) is 30.8 Å². The number of alkyl carbamates (subject to hydrolysis) is 1. The first-order valence-corrected chi connectivity index (χ1v) is 9.60. The van der Waals surface area contributed by atoms with E-state index >= 15 is 0 Å². The number of fused-ring (bicyclic) bond motifs is 1. The van der Waals surface area contributed by atoms with Gasteiger partial charge in [-0.1, -0.05) is 24.3 Å². The fraction of sp³-hybridized carbons (Fsp3) is 0.476. The van der Waals surface area contributed by atoms with Crippen molar-refractivity contribution in [1.82, 2.24) is 10.2 Å². The van der Waals surface area contributed by atoms with Crippen LogP contribution in [0.5, 0.6) is 0 Å². The number of nitrogens with one attached hydrogen (secondary N) is 1. The van der Waals surface area contributed by atoms with E-state index in [1.165, 1.54) is 4.90 Å². The third-order valence-corrected chi connectivity index (χ3v) is 4.43. The van der Waals surface area contributed by atoms with Gasteiger partial charge in [0.05, 0.1) is 30.4 Å². The highest BCUT2D eigenvalue weighted by Gasteiger charge is 2.43. The van der Waals surface area contributed by atoms with E-state index in [-0.39, 0.29) is 18.4 Å². The first kappa shape index (κ1) is 21.0. The number of rotatable bonds is 6. The molecule has 1 N–H and O–H groups in total. The van der Waals surface area contributed by atoms with Gasteiger partial charge in [0, 0.05) is 6.54 Å². The average molecular weight is 402 g/mol. The Morgan fingerprint density at radius 1 is 1.17 bits per heavy atom. The Bertz CT molecular complexity index is 773. The average Bonchev–Trinajstić information content (AvgIpc) is 3.26. The van der Waals surface area contributed by atoms with Crippen molar-refractivity contribution in [3.8, 4) is 0 Å². The SMILES string of the molecule is CC(C)(C)OC(=O)NCC=CCC(C1OCCO1)N1C(=O)c2ccccc2C1=O. The number of nitrogens with zero attached hydrogens (tertiary/aromatic N) is 1. The molecule has 156 valence electrons. The maximum atomic E-state index is 12.8. The Kier molecular flexibility index (Phi) is 6.34. The molecule has 1 aromatic rings. The van der Waals surface area contributed by atoms with E-state index in [9.17, 15) is 14.4 Å². The molecular weight excluding hydrogens is 376 g/mol. The highest BCUT2D eigenvalue weighted by Crippen LogP contribution is 2.29. The minimum atomic E-state index is -0.680. The maximum absolute atomic E-state index is 12.8. The predicted octanol–water partition coefficient (Wildman–Crippen LogP) is 2.50. The zero-order valence-corrected chi connectivity index (χ0v) is 16.8. The summed E-state index contributed by atoms with van der Waals surface area (Å²) in [5, 5.41) is 2.63. The van der Waals surface area contributed by atoms with Crippen molar-refractivity contribution in [2.24, 2.45) is 0 Å². The molecule has 8 nitrogen and oxygen atoms in total. The molecule has 3 rings (SSSR count). The molecular formula is C21H26N2O6. The number of benzene rings is 1. The van der Waals surface area contributed by atoms with Crippen molar-refractivity contribution in [2.75, 3.05) is 19.8 Å². The van der Waals surface area contributed by atoms with Gasteiger partial charge in [-0.2, -0.15) is 0 Å². The van der Waals surface area contributed by atoms with Gasteiger partial charge in [0.25, 0.3) is 11.8 Å². The van der Waals surface area contributed by atoms with Gasteiger partial charge in [0.15, 0.2) is 6.29 Å². The molecule has 0 radical (unpaired) electrons. The van der Waals surface area contributed by atoms with Crippen molar-refractivity contribution in [1.29, 1.82) is 0 Å². The number of ether oxygens (including phenoxy) is 3. The van der Waals surface area contributed by atoms with Gasteiger partial charge >= 0.3 is 6.09 Å². The summed E-state index contributed by atoms with van der Waals surface area (Å²) in [4.78, 5) is 38.5. The van der Waals surface area contributed by atoms with Crippen molar-refractivity contribution < 1.29 is 28.6 Å². The molecule has 1 aromatic carbocycles. The lowest BCUT2D eigenvalue weighted by molar-refractivity contribution is -0.0848. The van der Waals surface area contributed by atoms with Gasteiger partial charge in [-0.25, -0.2) is 4.79 Å². The van der Waals surface area contributed by atoms with Crippen LogP contribution in [-0.2, 0) is 14.2 Å². The van der Waals surface area contributed by atoms with Gasteiger partial charge in [-0.05, 0) is 39.3 Å². The molecule has 0 saturated carbocycles. The Morgan fingerprint density at radius 2 is 1.76 bits per heavy atom. The number of amides is 3. The van der Waals surface area contributed by atoms with Crippen LogP contribution in [0.25, 0.3) is 0 Å². The molecule has 1 fully saturated rings. The monoisotopic (exact) mass is 402 g/mol. The fourth-order valence-electron chi connectivity index (χ4n) is 3.22. The summed E-state index contributed by atoms with van der Waals surface area (Å²) in [6.07, 6.45) is 2.68. The zero-order chi connectivity index (χ0) is 21.0. The van der Waals surface area contributed by atoms with Gasteiger partial charge < -0.3 is 19.5 Å². The maximum Gasteiger partial charge on any atom is 0.407 e. The molecule has 2 heterocycles. The number of hydrogen-bond acceptors (Lipinski definition) is 6. The Balaban J connectivity index is 1.64. The summed E-state index contributed by atoms with van der Waals surface area (Å²) < 4.78 is 16.3. The molecule has 0 aromatic heterocycles. The van der Waals surface area contributed by atoms with Crippen LogP contribution in [0.3, 0.4) is 0 Å².